The fraction of sp³-hybridized carbons (Fsp3) is 0.286. The standard InChI is InChI=1S/C5H4N4S.C2H6/c10-5-2-9-3-7-8-4(9)1-6-5;1-2/h1-3,10H;1-2H3. The van der Waals surface area contributed by atoms with E-state index in [0.29, 0.717) is 5.03 Å². The lowest BCUT2D eigenvalue weighted by Gasteiger charge is -1.89. The van der Waals surface area contributed by atoms with Crippen molar-refractivity contribution in [2.45, 2.75) is 18.9 Å². The van der Waals surface area contributed by atoms with E-state index in [1.54, 1.807) is 23.1 Å². The number of nitrogens with zero attached hydrogens (tertiary/aromatic N) is 4. The zero-order valence-corrected chi connectivity index (χ0v) is 7.86. The number of rotatable bonds is 0. The van der Waals surface area contributed by atoms with Gasteiger partial charge in [0.1, 0.15) is 11.4 Å². The van der Waals surface area contributed by atoms with E-state index >= 15 is 0 Å². The molecule has 4 nitrogen and oxygen atoms in total. The van der Waals surface area contributed by atoms with Crippen molar-refractivity contribution in [2.75, 3.05) is 0 Å². The zero-order valence-electron chi connectivity index (χ0n) is 6.97. The van der Waals surface area contributed by atoms with Crippen LogP contribution >= 0.6 is 12.6 Å². The molecule has 5 heteroatoms. The summed E-state index contributed by atoms with van der Waals surface area (Å²) < 4.78 is 1.76. The van der Waals surface area contributed by atoms with Gasteiger partial charge in [-0.1, -0.05) is 13.8 Å². The molecular formula is C7H10N4S. The van der Waals surface area contributed by atoms with Crippen LogP contribution in [0.5, 0.6) is 0 Å². The molecule has 0 unspecified atom stereocenters. The molecule has 2 aromatic rings. The van der Waals surface area contributed by atoms with E-state index in [1.165, 1.54) is 0 Å². The SMILES string of the molecule is CC.Sc1cn2cnnc2cn1. The van der Waals surface area contributed by atoms with Gasteiger partial charge in [-0.3, -0.25) is 4.40 Å². The maximum atomic E-state index is 4.05. The predicted octanol–water partition coefficient (Wildman–Crippen LogP) is 1.44. The van der Waals surface area contributed by atoms with Crippen LogP contribution in [0.2, 0.25) is 0 Å². The number of hydrogen-bond donors (Lipinski definition) is 1. The van der Waals surface area contributed by atoms with E-state index in [0.717, 1.165) is 5.65 Å². The molecule has 0 aliphatic carbocycles. The summed E-state index contributed by atoms with van der Waals surface area (Å²) in [5, 5.41) is 8.12. The molecule has 0 aliphatic rings. The Morgan fingerprint density at radius 2 is 2.17 bits per heavy atom. The molecule has 0 radical (unpaired) electrons. The topological polar surface area (TPSA) is 43.1 Å². The minimum Gasteiger partial charge on any atom is -0.285 e. The highest BCUT2D eigenvalue weighted by atomic mass is 32.1. The number of aromatic nitrogens is 4. The summed E-state index contributed by atoms with van der Waals surface area (Å²) in [6.07, 6.45) is 4.98. The molecule has 0 spiro atoms. The molecule has 0 saturated heterocycles. The second-order valence-corrected chi connectivity index (χ2v) is 2.30. The van der Waals surface area contributed by atoms with Gasteiger partial charge in [0, 0.05) is 6.20 Å². The van der Waals surface area contributed by atoms with Gasteiger partial charge in [-0.2, -0.15) is 0 Å². The van der Waals surface area contributed by atoms with Gasteiger partial charge in [0.05, 0.1) is 6.20 Å². The molecular weight excluding hydrogens is 172 g/mol. The smallest absolute Gasteiger partial charge is 0.179 e. The van der Waals surface area contributed by atoms with E-state index < -0.39 is 0 Å². The average Bonchev–Trinajstić information content (AvgIpc) is 2.54. The molecule has 0 N–H and O–H groups in total. The highest BCUT2D eigenvalue weighted by Gasteiger charge is 1.93. The first kappa shape index (κ1) is 8.99. The molecule has 0 amide bonds. The Morgan fingerprint density at radius 1 is 1.42 bits per heavy atom. The molecule has 0 atom stereocenters. The lowest BCUT2D eigenvalue weighted by atomic mass is 10.7. The van der Waals surface area contributed by atoms with Gasteiger partial charge >= 0.3 is 0 Å². The second-order valence-electron chi connectivity index (χ2n) is 1.84. The van der Waals surface area contributed by atoms with Crippen molar-refractivity contribution in [3.8, 4) is 0 Å². The number of hydrogen-bond acceptors (Lipinski definition) is 4. The number of fused-ring (bicyclic) bond motifs is 1. The molecule has 2 aromatic heterocycles. The highest BCUT2D eigenvalue weighted by molar-refractivity contribution is 7.80. The fourth-order valence-electron chi connectivity index (χ4n) is 0.725. The first-order valence-corrected chi connectivity index (χ1v) is 4.15. The minimum absolute atomic E-state index is 0.660. The van der Waals surface area contributed by atoms with Gasteiger partial charge in [0.2, 0.25) is 0 Å². The summed E-state index contributed by atoms with van der Waals surface area (Å²) >= 11 is 4.05. The van der Waals surface area contributed by atoms with E-state index in [2.05, 4.69) is 27.8 Å². The third kappa shape index (κ3) is 1.73. The predicted molar refractivity (Wildman–Crippen MR) is 49.4 cm³/mol. The fourth-order valence-corrected chi connectivity index (χ4v) is 0.907. The summed E-state index contributed by atoms with van der Waals surface area (Å²) in [4.78, 5) is 3.92. The van der Waals surface area contributed by atoms with E-state index in [9.17, 15) is 0 Å². The van der Waals surface area contributed by atoms with Crippen molar-refractivity contribution in [1.29, 1.82) is 0 Å². The molecule has 12 heavy (non-hydrogen) atoms. The third-order valence-corrected chi connectivity index (χ3v) is 1.40. The highest BCUT2D eigenvalue weighted by Crippen LogP contribution is 2.01. The first-order valence-electron chi connectivity index (χ1n) is 3.70. The maximum absolute atomic E-state index is 4.05. The van der Waals surface area contributed by atoms with Crippen molar-refractivity contribution in [3.05, 3.63) is 18.7 Å². The summed E-state index contributed by atoms with van der Waals surface area (Å²) in [5.41, 5.74) is 0.734. The largest absolute Gasteiger partial charge is 0.285 e. The summed E-state index contributed by atoms with van der Waals surface area (Å²) in [5.74, 6) is 0. The van der Waals surface area contributed by atoms with E-state index in [-0.39, 0.29) is 0 Å². The Bertz CT molecular complexity index is 357. The van der Waals surface area contributed by atoms with Crippen LogP contribution in [0.3, 0.4) is 0 Å². The van der Waals surface area contributed by atoms with Crippen molar-refractivity contribution in [3.63, 3.8) is 0 Å². The van der Waals surface area contributed by atoms with Crippen LogP contribution in [0.15, 0.2) is 23.7 Å². The Hall–Kier alpha value is -1.10. The zero-order chi connectivity index (χ0) is 8.97. The summed E-state index contributed by atoms with van der Waals surface area (Å²) in [7, 11) is 0. The average molecular weight is 182 g/mol. The normalized spacial score (nSPS) is 9.25. The first-order chi connectivity index (χ1) is 5.86. The van der Waals surface area contributed by atoms with Gasteiger partial charge in [-0.25, -0.2) is 4.98 Å². The van der Waals surface area contributed by atoms with Crippen LogP contribution in [-0.2, 0) is 0 Å². The quantitative estimate of drug-likeness (QED) is 0.627. The van der Waals surface area contributed by atoms with Crippen molar-refractivity contribution < 1.29 is 0 Å². The molecule has 2 heterocycles. The molecule has 2 rings (SSSR count). The van der Waals surface area contributed by atoms with Crippen LogP contribution in [-0.4, -0.2) is 19.6 Å². The minimum atomic E-state index is 0.660. The van der Waals surface area contributed by atoms with Crippen LogP contribution < -0.4 is 0 Å². The van der Waals surface area contributed by atoms with Crippen molar-refractivity contribution in [2.24, 2.45) is 0 Å². The van der Waals surface area contributed by atoms with Crippen LogP contribution in [0.25, 0.3) is 5.65 Å². The van der Waals surface area contributed by atoms with Crippen LogP contribution in [0.4, 0.5) is 0 Å². The monoisotopic (exact) mass is 182 g/mol. The van der Waals surface area contributed by atoms with Crippen molar-refractivity contribution in [1.82, 2.24) is 19.6 Å². The Balaban J connectivity index is 0.000000336. The number of thiol groups is 1. The lowest BCUT2D eigenvalue weighted by Crippen LogP contribution is -1.84. The van der Waals surface area contributed by atoms with Gasteiger partial charge < -0.3 is 0 Å². The van der Waals surface area contributed by atoms with Gasteiger partial charge in [-0.15, -0.1) is 22.8 Å². The Labute approximate surface area is 76.1 Å². The van der Waals surface area contributed by atoms with Gasteiger partial charge in [0.25, 0.3) is 0 Å². The molecule has 0 fully saturated rings. The second kappa shape index (κ2) is 4.06. The summed E-state index contributed by atoms with van der Waals surface area (Å²) in [6, 6.07) is 0. The molecule has 0 saturated carbocycles. The van der Waals surface area contributed by atoms with Gasteiger partial charge in [0.15, 0.2) is 5.65 Å². The Kier molecular flexibility index (Phi) is 3.04. The third-order valence-electron chi connectivity index (χ3n) is 1.17. The van der Waals surface area contributed by atoms with Crippen LogP contribution in [0.1, 0.15) is 13.8 Å². The van der Waals surface area contributed by atoms with Crippen molar-refractivity contribution >= 4 is 18.3 Å². The van der Waals surface area contributed by atoms with E-state index in [4.69, 9.17) is 0 Å². The Morgan fingerprint density at radius 3 is 2.92 bits per heavy atom. The maximum Gasteiger partial charge on any atom is 0.179 e. The van der Waals surface area contributed by atoms with E-state index in [1.807, 2.05) is 13.8 Å². The lowest BCUT2D eigenvalue weighted by molar-refractivity contribution is 1.02. The molecule has 0 aromatic carbocycles. The molecule has 0 aliphatic heterocycles. The van der Waals surface area contributed by atoms with Crippen LogP contribution in [0, 0.1) is 0 Å². The molecule has 0 bridgehead atoms. The molecule has 64 valence electrons. The summed E-state index contributed by atoms with van der Waals surface area (Å²) in [6.45, 7) is 4.00. The van der Waals surface area contributed by atoms with Gasteiger partial charge in [-0.05, 0) is 0 Å².